The Labute approximate surface area is 168 Å². The van der Waals surface area contributed by atoms with Crippen LogP contribution >= 0.6 is 0 Å². The number of amides is 1. The first-order chi connectivity index (χ1) is 14.1. The zero-order valence-electron chi connectivity index (χ0n) is 15.6. The van der Waals surface area contributed by atoms with Gasteiger partial charge in [0, 0.05) is 0 Å². The predicted molar refractivity (Wildman–Crippen MR) is 111 cm³/mol. The van der Waals surface area contributed by atoms with Crippen LogP contribution in [-0.4, -0.2) is 29.8 Å². The minimum atomic E-state index is -1.10. The third-order valence-corrected chi connectivity index (χ3v) is 4.17. The van der Waals surface area contributed by atoms with Crippen molar-refractivity contribution < 1.29 is 19.5 Å². The van der Waals surface area contributed by atoms with Gasteiger partial charge in [-0.1, -0.05) is 78.0 Å². The maximum Gasteiger partial charge on any atom is 0.337 e. The zero-order valence-corrected chi connectivity index (χ0v) is 15.6. The Bertz CT molecular complexity index is 988. The molecular formula is C23H20N2O4. The zero-order chi connectivity index (χ0) is 20.5. The summed E-state index contributed by atoms with van der Waals surface area (Å²) in [5, 5.41) is 13.3. The minimum Gasteiger partial charge on any atom is -0.478 e. The number of carbonyl (C=O) groups excluding carboxylic acids is 1. The van der Waals surface area contributed by atoms with E-state index in [-0.39, 0.29) is 18.7 Å². The van der Waals surface area contributed by atoms with Crippen molar-refractivity contribution in [1.82, 2.24) is 0 Å². The predicted octanol–water partition coefficient (Wildman–Crippen LogP) is 3.97. The molecule has 0 aliphatic carbocycles. The van der Waals surface area contributed by atoms with Crippen molar-refractivity contribution in [2.75, 3.05) is 11.5 Å². The Balaban J connectivity index is 1.78. The van der Waals surface area contributed by atoms with Crippen LogP contribution in [0.2, 0.25) is 0 Å². The average Bonchev–Trinajstić information content (AvgIpc) is 2.76. The van der Waals surface area contributed by atoms with Crippen molar-refractivity contribution in [3.8, 4) is 0 Å². The lowest BCUT2D eigenvalue weighted by molar-refractivity contribution is -0.123. The first kappa shape index (κ1) is 19.8. The van der Waals surface area contributed by atoms with E-state index >= 15 is 0 Å². The summed E-state index contributed by atoms with van der Waals surface area (Å²) in [5.41, 5.74) is 2.07. The summed E-state index contributed by atoms with van der Waals surface area (Å²) in [4.78, 5) is 31.1. The Kier molecular flexibility index (Phi) is 6.73. The number of anilines is 1. The number of rotatable bonds is 8. The lowest BCUT2D eigenvalue weighted by Gasteiger charge is -2.24. The fraction of sp³-hybridized carbons (Fsp3) is 0.0870. The van der Waals surface area contributed by atoms with E-state index < -0.39 is 11.9 Å². The van der Waals surface area contributed by atoms with Crippen LogP contribution in [0.5, 0.6) is 0 Å². The number of hydrogen-bond acceptors (Lipinski definition) is 4. The van der Waals surface area contributed by atoms with Crippen molar-refractivity contribution in [1.29, 1.82) is 0 Å². The largest absolute Gasteiger partial charge is 0.478 e. The number of carbonyl (C=O) groups is 2. The van der Waals surface area contributed by atoms with Gasteiger partial charge in [0.2, 0.25) is 0 Å². The van der Waals surface area contributed by atoms with Crippen molar-refractivity contribution in [3.63, 3.8) is 0 Å². The lowest BCUT2D eigenvalue weighted by atomic mass is 10.1. The molecule has 0 atom stereocenters. The molecule has 6 heteroatoms. The Morgan fingerprint density at radius 2 is 1.52 bits per heavy atom. The molecule has 3 rings (SSSR count). The van der Waals surface area contributed by atoms with Crippen LogP contribution in [0, 0.1) is 0 Å². The van der Waals surface area contributed by atoms with E-state index in [1.807, 2.05) is 60.7 Å². The highest BCUT2D eigenvalue weighted by molar-refractivity contribution is 6.02. The van der Waals surface area contributed by atoms with E-state index in [4.69, 9.17) is 4.84 Å². The molecule has 0 bridgehead atoms. The maximum atomic E-state index is 12.9. The number of carboxylic acids is 1. The van der Waals surface area contributed by atoms with Crippen molar-refractivity contribution in [2.24, 2.45) is 5.16 Å². The maximum absolute atomic E-state index is 12.9. The van der Waals surface area contributed by atoms with Crippen LogP contribution in [0.15, 0.2) is 90.1 Å². The summed E-state index contributed by atoms with van der Waals surface area (Å²) >= 11 is 0. The lowest BCUT2D eigenvalue weighted by Crippen LogP contribution is -2.34. The number of carboxylic acid groups (broad SMARTS) is 1. The van der Waals surface area contributed by atoms with Gasteiger partial charge < -0.3 is 14.8 Å². The van der Waals surface area contributed by atoms with E-state index in [2.05, 4.69) is 5.16 Å². The van der Waals surface area contributed by atoms with Gasteiger partial charge in [-0.15, -0.1) is 0 Å². The van der Waals surface area contributed by atoms with Gasteiger partial charge in [-0.3, -0.25) is 4.79 Å². The molecule has 0 heterocycles. The van der Waals surface area contributed by atoms with Crippen molar-refractivity contribution in [3.05, 3.63) is 102 Å². The van der Waals surface area contributed by atoms with E-state index in [1.54, 1.807) is 18.2 Å². The standard InChI is InChI=1S/C23H20N2O4/c26-22(17-29-24-15-18-9-3-1-4-10-18)25(16-19-11-5-2-6-12-19)21-14-8-7-13-20(21)23(27)28/h1-15H,16-17H2,(H,27,28)/b24-15+. The van der Waals surface area contributed by atoms with Gasteiger partial charge in [-0.25, -0.2) is 4.79 Å². The van der Waals surface area contributed by atoms with Gasteiger partial charge >= 0.3 is 5.97 Å². The molecule has 6 nitrogen and oxygen atoms in total. The van der Waals surface area contributed by atoms with E-state index in [9.17, 15) is 14.7 Å². The molecule has 1 amide bonds. The first-order valence-corrected chi connectivity index (χ1v) is 9.02. The number of aromatic carboxylic acids is 1. The number of benzene rings is 3. The molecule has 0 spiro atoms. The molecule has 0 aliphatic rings. The molecule has 0 aliphatic heterocycles. The van der Waals surface area contributed by atoms with Crippen LogP contribution in [0.1, 0.15) is 21.5 Å². The Morgan fingerprint density at radius 1 is 0.897 bits per heavy atom. The summed E-state index contributed by atoms with van der Waals surface area (Å²) in [6.07, 6.45) is 1.51. The van der Waals surface area contributed by atoms with E-state index in [1.165, 1.54) is 17.2 Å². The molecule has 1 N–H and O–H groups in total. The van der Waals surface area contributed by atoms with Crippen LogP contribution in [0.3, 0.4) is 0 Å². The molecule has 0 radical (unpaired) electrons. The summed E-state index contributed by atoms with van der Waals surface area (Å²) in [5.74, 6) is -1.50. The molecule has 0 aromatic heterocycles. The van der Waals surface area contributed by atoms with Crippen LogP contribution in [0.25, 0.3) is 0 Å². The van der Waals surface area contributed by atoms with Gasteiger partial charge in [-0.2, -0.15) is 0 Å². The second-order valence-electron chi connectivity index (χ2n) is 6.21. The monoisotopic (exact) mass is 388 g/mol. The second-order valence-corrected chi connectivity index (χ2v) is 6.21. The third kappa shape index (κ3) is 5.52. The summed E-state index contributed by atoms with van der Waals surface area (Å²) < 4.78 is 0. The van der Waals surface area contributed by atoms with Crippen molar-refractivity contribution >= 4 is 23.8 Å². The Morgan fingerprint density at radius 3 is 2.21 bits per heavy atom. The molecule has 0 unspecified atom stereocenters. The van der Waals surface area contributed by atoms with Crippen LogP contribution in [0.4, 0.5) is 5.69 Å². The van der Waals surface area contributed by atoms with Gasteiger partial charge in [0.1, 0.15) is 0 Å². The van der Waals surface area contributed by atoms with Gasteiger partial charge in [-0.05, 0) is 23.3 Å². The van der Waals surface area contributed by atoms with E-state index in [0.29, 0.717) is 5.69 Å². The highest BCUT2D eigenvalue weighted by Crippen LogP contribution is 2.23. The van der Waals surface area contributed by atoms with Gasteiger partial charge in [0.25, 0.3) is 5.91 Å². The number of para-hydroxylation sites is 1. The normalized spacial score (nSPS) is 10.6. The molecule has 29 heavy (non-hydrogen) atoms. The second kappa shape index (κ2) is 9.85. The summed E-state index contributed by atoms with van der Waals surface area (Å²) in [6.45, 7) is -0.0974. The molecule has 146 valence electrons. The minimum absolute atomic E-state index is 0.0459. The molecule has 3 aromatic carbocycles. The molecule has 0 saturated carbocycles. The highest BCUT2D eigenvalue weighted by atomic mass is 16.6. The van der Waals surface area contributed by atoms with Gasteiger partial charge in [0.05, 0.1) is 24.0 Å². The number of oxime groups is 1. The van der Waals surface area contributed by atoms with Crippen LogP contribution < -0.4 is 4.90 Å². The topological polar surface area (TPSA) is 79.2 Å². The number of nitrogens with zero attached hydrogens (tertiary/aromatic N) is 2. The molecule has 0 saturated heterocycles. The van der Waals surface area contributed by atoms with Crippen LogP contribution in [-0.2, 0) is 16.2 Å². The van der Waals surface area contributed by atoms with E-state index in [0.717, 1.165) is 11.1 Å². The summed E-state index contributed by atoms with van der Waals surface area (Å²) in [6, 6.07) is 25.1. The number of hydrogen-bond donors (Lipinski definition) is 1. The molecular weight excluding hydrogens is 368 g/mol. The summed E-state index contributed by atoms with van der Waals surface area (Å²) in [7, 11) is 0. The average molecular weight is 388 g/mol. The van der Waals surface area contributed by atoms with Crippen molar-refractivity contribution in [2.45, 2.75) is 6.54 Å². The molecule has 0 fully saturated rings. The highest BCUT2D eigenvalue weighted by Gasteiger charge is 2.22. The molecule has 3 aromatic rings. The quantitative estimate of drug-likeness (QED) is 0.468. The van der Waals surface area contributed by atoms with Gasteiger partial charge in [0.15, 0.2) is 6.61 Å². The fourth-order valence-corrected chi connectivity index (χ4v) is 2.77. The fourth-order valence-electron chi connectivity index (χ4n) is 2.77. The smallest absolute Gasteiger partial charge is 0.337 e. The SMILES string of the molecule is O=C(O)c1ccccc1N(Cc1ccccc1)C(=O)CO/N=C/c1ccccc1. The Hall–Kier alpha value is -3.93. The third-order valence-electron chi connectivity index (χ3n) is 4.17. The first-order valence-electron chi connectivity index (χ1n) is 9.02.